The lowest BCUT2D eigenvalue weighted by atomic mass is 10.2. The first-order valence-electron chi connectivity index (χ1n) is 18.6. The number of rotatable bonds is 23. The van der Waals surface area contributed by atoms with Crippen LogP contribution in [-0.4, -0.2) is 68.1 Å². The second-order valence-electron chi connectivity index (χ2n) is 11.9. The highest BCUT2D eigenvalue weighted by Crippen LogP contribution is 2.49. The highest BCUT2D eigenvalue weighted by Gasteiger charge is 2.25. The zero-order valence-corrected chi connectivity index (χ0v) is 37.9. The van der Waals surface area contributed by atoms with E-state index in [2.05, 4.69) is 20.7 Å². The Balaban J connectivity index is 0.00000101. The van der Waals surface area contributed by atoms with Crippen molar-refractivity contribution < 1.29 is 55.0 Å². The topological polar surface area (TPSA) is 248 Å². The standard InChI is InChI=1S/C19H25N2O8PS.C12H10N2O3.C7H16BrO3P.2CH4/c1-3-27-30(24,28-4-2)13-8-14-31(25,26)20-18-12-11-16(21(22)23)15-19(18)29-17-9-6-5-7-10-17;13-11-7-6-9(14(15)16)8-12(11)17-10-4-2-1-3-5-10;1-3-10-12(9,11-4-2)7-5-6-8;;/h5-7,9-12,15,20H,3-4,8,13-14H2,1-2H3;1-8H,13H2;3-7H2,1-2H3;2*1H4. The summed E-state index contributed by atoms with van der Waals surface area (Å²) in [6, 6.07) is 25.1. The summed E-state index contributed by atoms with van der Waals surface area (Å²) in [6.45, 7) is 8.24. The molecule has 346 valence electrons. The Hall–Kier alpha value is -4.39. The van der Waals surface area contributed by atoms with Crippen LogP contribution in [-0.2, 0) is 37.2 Å². The van der Waals surface area contributed by atoms with E-state index in [1.54, 1.807) is 56.3 Å². The molecular weight excluding hydrogens is 934 g/mol. The number of para-hydroxylation sites is 2. The Kier molecular flexibility index (Phi) is 27.7. The van der Waals surface area contributed by atoms with E-state index in [0.29, 0.717) is 36.6 Å². The largest absolute Gasteiger partial charge is 0.455 e. The smallest absolute Gasteiger partial charge is 0.330 e. The van der Waals surface area contributed by atoms with Crippen molar-refractivity contribution in [3.8, 4) is 23.0 Å². The van der Waals surface area contributed by atoms with Crippen molar-refractivity contribution >= 4 is 63.9 Å². The lowest BCUT2D eigenvalue weighted by molar-refractivity contribution is -0.385. The van der Waals surface area contributed by atoms with Crippen LogP contribution < -0.4 is 19.9 Å². The zero-order chi connectivity index (χ0) is 44.6. The van der Waals surface area contributed by atoms with E-state index in [4.69, 9.17) is 33.3 Å². The molecule has 4 rings (SSSR count). The number of nitrogens with one attached hydrogen (secondary N) is 1. The van der Waals surface area contributed by atoms with Gasteiger partial charge in [0.05, 0.1) is 77.9 Å². The molecular formula is C40H59BrN4O14P2S. The molecule has 0 aliphatic rings. The quantitative estimate of drug-likeness (QED) is 0.0230. The highest BCUT2D eigenvalue weighted by atomic mass is 79.9. The third kappa shape index (κ3) is 21.6. The van der Waals surface area contributed by atoms with Gasteiger partial charge in [-0.15, -0.1) is 0 Å². The van der Waals surface area contributed by atoms with Crippen molar-refractivity contribution in [2.24, 2.45) is 0 Å². The predicted octanol–water partition coefficient (Wildman–Crippen LogP) is 12.1. The molecule has 0 atom stereocenters. The van der Waals surface area contributed by atoms with Gasteiger partial charge in [0.1, 0.15) is 11.5 Å². The molecule has 0 fully saturated rings. The Bertz CT molecular complexity index is 2120. The number of nitrogens with zero attached hydrogens (tertiary/aromatic N) is 2. The molecule has 0 heterocycles. The number of halogens is 1. The van der Waals surface area contributed by atoms with Crippen LogP contribution in [0.1, 0.15) is 55.4 Å². The maximum Gasteiger partial charge on any atom is 0.330 e. The summed E-state index contributed by atoms with van der Waals surface area (Å²) in [7, 11) is -9.99. The van der Waals surface area contributed by atoms with Gasteiger partial charge in [-0.3, -0.25) is 34.1 Å². The van der Waals surface area contributed by atoms with E-state index in [9.17, 15) is 37.8 Å². The number of non-ortho nitro benzene ring substituents is 2. The van der Waals surface area contributed by atoms with E-state index in [0.717, 1.165) is 17.8 Å². The molecule has 18 nitrogen and oxygen atoms in total. The summed E-state index contributed by atoms with van der Waals surface area (Å²) in [5.41, 5.74) is 5.80. The van der Waals surface area contributed by atoms with Gasteiger partial charge in [0, 0.05) is 17.5 Å². The van der Waals surface area contributed by atoms with Crippen molar-refractivity contribution in [3.63, 3.8) is 0 Å². The maximum absolute atomic E-state index is 12.6. The Labute approximate surface area is 373 Å². The van der Waals surface area contributed by atoms with E-state index in [-0.39, 0.29) is 75.0 Å². The number of nitro groups is 2. The van der Waals surface area contributed by atoms with Gasteiger partial charge in [-0.2, -0.15) is 0 Å². The van der Waals surface area contributed by atoms with Gasteiger partial charge in [0.25, 0.3) is 11.4 Å². The summed E-state index contributed by atoms with van der Waals surface area (Å²) in [5.74, 6) is 0.889. The summed E-state index contributed by atoms with van der Waals surface area (Å²) in [4.78, 5) is 20.6. The zero-order valence-electron chi connectivity index (χ0n) is 33.7. The molecule has 0 saturated carbocycles. The van der Waals surface area contributed by atoms with E-state index in [1.165, 1.54) is 30.3 Å². The van der Waals surface area contributed by atoms with Crippen LogP contribution in [0.25, 0.3) is 0 Å². The minimum Gasteiger partial charge on any atom is -0.455 e. The molecule has 0 aliphatic heterocycles. The monoisotopic (exact) mass is 992 g/mol. The fraction of sp³-hybridized carbons (Fsp3) is 0.400. The number of alkyl halides is 1. The predicted molar refractivity (Wildman–Crippen MR) is 249 cm³/mol. The van der Waals surface area contributed by atoms with Crippen LogP contribution in [0.2, 0.25) is 0 Å². The molecule has 0 amide bonds. The molecule has 0 aromatic heterocycles. The van der Waals surface area contributed by atoms with Crippen LogP contribution in [0.4, 0.5) is 22.7 Å². The minimum absolute atomic E-state index is 0. The molecule has 0 radical (unpaired) electrons. The molecule has 0 spiro atoms. The van der Waals surface area contributed by atoms with Crippen LogP contribution in [0, 0.1) is 20.2 Å². The number of hydrogen-bond donors (Lipinski definition) is 2. The highest BCUT2D eigenvalue weighted by molar-refractivity contribution is 9.09. The second kappa shape index (κ2) is 29.8. The van der Waals surface area contributed by atoms with E-state index in [1.807, 2.05) is 32.0 Å². The average molecular weight is 994 g/mol. The Morgan fingerprint density at radius 1 is 0.645 bits per heavy atom. The van der Waals surface area contributed by atoms with Crippen molar-refractivity contribution in [2.45, 2.75) is 55.4 Å². The summed E-state index contributed by atoms with van der Waals surface area (Å²) in [5, 5.41) is 22.6. The normalized spacial score (nSPS) is 10.9. The van der Waals surface area contributed by atoms with E-state index >= 15 is 0 Å². The fourth-order valence-corrected chi connectivity index (χ4v) is 10.2. The SMILES string of the molecule is C.C.CCOP(=O)(CCCBr)OCC.CCOP(=O)(CCCS(=O)(=O)Nc1ccc([N+](=O)[O-])cc1Oc1ccccc1)OCC.Nc1ccc([N+](=O)[O-])cc1Oc1ccccc1. The molecule has 22 heteroatoms. The first-order valence-corrected chi connectivity index (χ1v) is 24.9. The first-order chi connectivity index (χ1) is 28.5. The third-order valence-corrected chi connectivity index (χ3v) is 13.6. The van der Waals surface area contributed by atoms with Crippen LogP contribution in [0.15, 0.2) is 97.1 Å². The van der Waals surface area contributed by atoms with Crippen molar-refractivity contribution in [3.05, 3.63) is 117 Å². The number of ether oxygens (including phenoxy) is 2. The number of anilines is 2. The van der Waals surface area contributed by atoms with Gasteiger partial charge >= 0.3 is 15.2 Å². The molecule has 0 aliphatic carbocycles. The first kappa shape index (κ1) is 57.6. The number of hydrogen-bond acceptors (Lipinski definition) is 15. The second-order valence-corrected chi connectivity index (χ2v) is 18.9. The van der Waals surface area contributed by atoms with Gasteiger partial charge in [-0.25, -0.2) is 8.42 Å². The Morgan fingerprint density at radius 3 is 1.47 bits per heavy atom. The lowest BCUT2D eigenvalue weighted by Crippen LogP contribution is -2.18. The summed E-state index contributed by atoms with van der Waals surface area (Å²) in [6.07, 6.45) is 1.30. The minimum atomic E-state index is -3.87. The molecule has 62 heavy (non-hydrogen) atoms. The molecule has 4 aromatic carbocycles. The third-order valence-electron chi connectivity index (χ3n) is 7.31. The number of benzene rings is 4. The van der Waals surface area contributed by atoms with Gasteiger partial charge in [-0.05, 0) is 76.9 Å². The lowest BCUT2D eigenvalue weighted by Gasteiger charge is -2.17. The van der Waals surface area contributed by atoms with Crippen LogP contribution in [0.3, 0.4) is 0 Å². The molecule has 3 N–H and O–H groups in total. The van der Waals surface area contributed by atoms with Crippen molar-refractivity contribution in [1.29, 1.82) is 0 Å². The summed E-state index contributed by atoms with van der Waals surface area (Å²) < 4.78 is 83.3. The molecule has 0 bridgehead atoms. The fourth-order valence-electron chi connectivity index (χ4n) is 4.79. The van der Waals surface area contributed by atoms with Gasteiger partial charge in [0.15, 0.2) is 11.5 Å². The summed E-state index contributed by atoms with van der Waals surface area (Å²) >= 11 is 3.27. The van der Waals surface area contributed by atoms with Gasteiger partial charge < -0.3 is 33.3 Å². The van der Waals surface area contributed by atoms with Gasteiger partial charge in [0.2, 0.25) is 10.0 Å². The van der Waals surface area contributed by atoms with Crippen molar-refractivity contribution in [2.75, 3.05) is 60.3 Å². The van der Waals surface area contributed by atoms with Crippen LogP contribution >= 0.6 is 31.1 Å². The number of nitro benzene ring substituents is 2. The number of nitrogen functional groups attached to an aromatic ring is 1. The average Bonchev–Trinajstić information content (AvgIpc) is 3.20. The van der Waals surface area contributed by atoms with Crippen molar-refractivity contribution in [1.82, 2.24) is 0 Å². The number of nitrogens with two attached hydrogens (primary N) is 1. The number of sulfonamides is 1. The Morgan fingerprint density at radius 2 is 1.05 bits per heavy atom. The molecule has 4 aromatic rings. The van der Waals surface area contributed by atoms with Gasteiger partial charge in [-0.1, -0.05) is 67.2 Å². The maximum atomic E-state index is 12.6. The van der Waals surface area contributed by atoms with Crippen LogP contribution in [0.5, 0.6) is 23.0 Å². The van der Waals surface area contributed by atoms with E-state index < -0.39 is 35.1 Å². The molecule has 0 unspecified atom stereocenters. The molecule has 0 saturated heterocycles.